The molecule has 2 unspecified atom stereocenters. The molecule has 0 aromatic carbocycles. The second kappa shape index (κ2) is 30.5. The van der Waals surface area contributed by atoms with Crippen molar-refractivity contribution in [1.82, 2.24) is 0 Å². The van der Waals surface area contributed by atoms with Gasteiger partial charge in [0.15, 0.2) is 6.10 Å². The van der Waals surface area contributed by atoms with E-state index >= 15 is 0 Å². The number of allylic oxidation sites excluding steroid dienone is 12. The summed E-state index contributed by atoms with van der Waals surface area (Å²) in [6.45, 7) is 3.34. The van der Waals surface area contributed by atoms with Crippen molar-refractivity contribution in [2.24, 2.45) is 5.73 Å². The number of hydrogen-bond donors (Lipinski definition) is 2. The van der Waals surface area contributed by atoms with Gasteiger partial charge in [-0.2, -0.15) is 0 Å². The van der Waals surface area contributed by atoms with E-state index in [0.29, 0.717) is 12.8 Å². The highest BCUT2D eigenvalue weighted by molar-refractivity contribution is 7.47. The lowest BCUT2D eigenvalue weighted by atomic mass is 10.2. The van der Waals surface area contributed by atoms with Gasteiger partial charge in [0, 0.05) is 19.4 Å². The van der Waals surface area contributed by atoms with Crippen LogP contribution in [0, 0.1) is 0 Å². The third kappa shape index (κ3) is 29.5. The molecule has 0 aromatic rings. The van der Waals surface area contributed by atoms with Gasteiger partial charge >= 0.3 is 19.8 Å². The molecule has 2 atom stereocenters. The average molecular weight is 638 g/mol. The molecule has 0 fully saturated rings. The average Bonchev–Trinajstić information content (AvgIpc) is 3.00. The Morgan fingerprint density at radius 3 is 1.77 bits per heavy atom. The van der Waals surface area contributed by atoms with Crippen LogP contribution in [0.3, 0.4) is 0 Å². The van der Waals surface area contributed by atoms with Crippen molar-refractivity contribution < 1.29 is 37.6 Å². The van der Waals surface area contributed by atoms with Gasteiger partial charge in [0.25, 0.3) is 0 Å². The van der Waals surface area contributed by atoms with E-state index in [0.717, 1.165) is 57.8 Å². The lowest BCUT2D eigenvalue weighted by molar-refractivity contribution is -0.161. The molecular weight excluding hydrogens is 581 g/mol. The van der Waals surface area contributed by atoms with Gasteiger partial charge < -0.3 is 20.1 Å². The fraction of sp³-hybridized carbons (Fsp3) is 0.588. The van der Waals surface area contributed by atoms with Gasteiger partial charge in [0.05, 0.1) is 13.2 Å². The summed E-state index contributed by atoms with van der Waals surface area (Å²) in [4.78, 5) is 34.1. The standard InChI is InChI=1S/C34H56NO8P/c1-3-5-7-9-10-11-12-13-14-15-16-17-18-19-20-21-22-23-25-27-34(37)43-32(31-42-44(38,39)41-29-28-35)30-40-33(36)26-24-8-6-4-2/h5,7,10-11,13-14,16-17,19-20,22-23,32H,3-4,6,8-9,12,15,18,21,24-31,35H2,1-2H3,(H,38,39)/b7-5-,11-10-,14-13-,17-16-,20-19-,23-22-. The van der Waals surface area contributed by atoms with E-state index in [1.165, 1.54) is 0 Å². The van der Waals surface area contributed by atoms with E-state index in [9.17, 15) is 19.0 Å². The monoisotopic (exact) mass is 637 g/mol. The van der Waals surface area contributed by atoms with Crippen LogP contribution in [0.1, 0.15) is 97.3 Å². The van der Waals surface area contributed by atoms with E-state index in [1.807, 2.05) is 12.2 Å². The third-order valence-corrected chi connectivity index (χ3v) is 6.85. The maximum Gasteiger partial charge on any atom is 0.472 e. The van der Waals surface area contributed by atoms with Crippen molar-refractivity contribution in [3.8, 4) is 0 Å². The van der Waals surface area contributed by atoms with E-state index in [1.54, 1.807) is 0 Å². The number of carbonyl (C=O) groups excluding carboxylic acids is 2. The first-order valence-corrected chi connectivity index (χ1v) is 17.4. The molecule has 9 nitrogen and oxygen atoms in total. The van der Waals surface area contributed by atoms with E-state index < -0.39 is 32.5 Å². The summed E-state index contributed by atoms with van der Waals surface area (Å²) < 4.78 is 32.1. The molecule has 0 aromatic heterocycles. The first-order valence-electron chi connectivity index (χ1n) is 15.9. The van der Waals surface area contributed by atoms with Crippen LogP contribution >= 0.6 is 7.82 Å². The Morgan fingerprint density at radius 2 is 1.25 bits per heavy atom. The van der Waals surface area contributed by atoms with Crippen LogP contribution in [-0.2, 0) is 32.7 Å². The van der Waals surface area contributed by atoms with Crippen LogP contribution < -0.4 is 5.73 Å². The number of nitrogens with two attached hydrogens (primary N) is 1. The van der Waals surface area contributed by atoms with Crippen molar-refractivity contribution in [3.63, 3.8) is 0 Å². The van der Waals surface area contributed by atoms with E-state index in [4.69, 9.17) is 24.3 Å². The summed E-state index contributed by atoms with van der Waals surface area (Å²) >= 11 is 0. The normalized spacial score (nSPS) is 14.5. The van der Waals surface area contributed by atoms with Gasteiger partial charge in [0.1, 0.15) is 6.61 Å². The van der Waals surface area contributed by atoms with Crippen LogP contribution in [0.4, 0.5) is 0 Å². The molecule has 44 heavy (non-hydrogen) atoms. The second-order valence-corrected chi connectivity index (χ2v) is 11.4. The van der Waals surface area contributed by atoms with Crippen molar-refractivity contribution in [2.75, 3.05) is 26.4 Å². The zero-order valence-corrected chi connectivity index (χ0v) is 27.8. The quantitative estimate of drug-likeness (QED) is 0.0379. The third-order valence-electron chi connectivity index (χ3n) is 5.87. The predicted molar refractivity (Wildman–Crippen MR) is 178 cm³/mol. The van der Waals surface area contributed by atoms with Crippen LogP contribution in [-0.4, -0.2) is 49.3 Å². The number of ether oxygens (including phenoxy) is 2. The number of phosphoric acid groups is 1. The maximum absolute atomic E-state index is 12.4. The minimum atomic E-state index is -4.38. The highest BCUT2D eigenvalue weighted by Gasteiger charge is 2.25. The van der Waals surface area contributed by atoms with Crippen LogP contribution in [0.15, 0.2) is 72.9 Å². The molecule has 0 saturated carbocycles. The van der Waals surface area contributed by atoms with Crippen molar-refractivity contribution >= 4 is 19.8 Å². The molecule has 0 spiro atoms. The smallest absolute Gasteiger partial charge is 0.462 e. The van der Waals surface area contributed by atoms with Crippen molar-refractivity contribution in [3.05, 3.63) is 72.9 Å². The van der Waals surface area contributed by atoms with Crippen LogP contribution in [0.2, 0.25) is 0 Å². The highest BCUT2D eigenvalue weighted by atomic mass is 31.2. The Bertz CT molecular complexity index is 955. The highest BCUT2D eigenvalue weighted by Crippen LogP contribution is 2.43. The molecule has 10 heteroatoms. The van der Waals surface area contributed by atoms with Gasteiger partial charge in [-0.1, -0.05) is 106 Å². The minimum absolute atomic E-state index is 0.0383. The van der Waals surface area contributed by atoms with Gasteiger partial charge in [-0.25, -0.2) is 4.57 Å². The number of hydrogen-bond acceptors (Lipinski definition) is 8. The molecule has 0 heterocycles. The SMILES string of the molecule is CC/C=C\C/C=C\C/C=C\C/C=C\C/C=C\C/C=C\CCC(=O)OC(COC(=O)CCCCCC)COP(=O)(O)OCCN. The summed E-state index contributed by atoms with van der Waals surface area (Å²) in [7, 11) is -4.38. The summed E-state index contributed by atoms with van der Waals surface area (Å²) in [6.07, 6.45) is 34.4. The molecule has 0 aliphatic heterocycles. The molecule has 0 saturated heterocycles. The van der Waals surface area contributed by atoms with Gasteiger partial charge in [0.2, 0.25) is 0 Å². The molecule has 3 N–H and O–H groups in total. The lowest BCUT2D eigenvalue weighted by Gasteiger charge is -2.19. The fourth-order valence-corrected chi connectivity index (χ4v) is 4.30. The largest absolute Gasteiger partial charge is 0.472 e. The first-order chi connectivity index (χ1) is 21.3. The molecule has 0 amide bonds. The van der Waals surface area contributed by atoms with Crippen molar-refractivity contribution in [1.29, 1.82) is 0 Å². The molecule has 0 rings (SSSR count). The number of unbranched alkanes of at least 4 members (excludes halogenated alkanes) is 3. The molecule has 250 valence electrons. The molecular formula is C34H56NO8P. The minimum Gasteiger partial charge on any atom is -0.462 e. The maximum atomic E-state index is 12.4. The van der Waals surface area contributed by atoms with E-state index in [2.05, 4.69) is 74.6 Å². The zero-order chi connectivity index (χ0) is 32.6. The number of rotatable bonds is 28. The lowest BCUT2D eigenvalue weighted by Crippen LogP contribution is -2.29. The second-order valence-electron chi connectivity index (χ2n) is 9.95. The molecule has 0 aliphatic carbocycles. The topological polar surface area (TPSA) is 134 Å². The molecule has 0 radical (unpaired) electrons. The Morgan fingerprint density at radius 1 is 0.705 bits per heavy atom. The Kier molecular flexibility index (Phi) is 28.7. The fourth-order valence-electron chi connectivity index (χ4n) is 3.54. The summed E-state index contributed by atoms with van der Waals surface area (Å²) in [5.41, 5.74) is 5.28. The summed E-state index contributed by atoms with van der Waals surface area (Å²) in [5.74, 6) is -0.959. The Labute approximate surface area is 265 Å². The zero-order valence-electron chi connectivity index (χ0n) is 26.9. The Balaban J connectivity index is 4.35. The van der Waals surface area contributed by atoms with Crippen LogP contribution in [0.25, 0.3) is 0 Å². The number of esters is 2. The number of carbonyl (C=O) groups is 2. The molecule has 0 aliphatic rings. The summed E-state index contributed by atoms with van der Waals surface area (Å²) in [5, 5.41) is 0. The molecule has 0 bridgehead atoms. The Hall–Kier alpha value is -2.55. The van der Waals surface area contributed by atoms with Crippen molar-refractivity contribution in [2.45, 2.75) is 103 Å². The number of phosphoric ester groups is 1. The summed E-state index contributed by atoms with van der Waals surface area (Å²) in [6, 6.07) is 0. The first kappa shape index (κ1) is 41.4. The van der Waals surface area contributed by atoms with Crippen LogP contribution in [0.5, 0.6) is 0 Å². The van der Waals surface area contributed by atoms with Gasteiger partial charge in [-0.3, -0.25) is 18.6 Å². The van der Waals surface area contributed by atoms with Gasteiger partial charge in [-0.05, 0) is 51.4 Å². The predicted octanol–water partition coefficient (Wildman–Crippen LogP) is 7.98. The van der Waals surface area contributed by atoms with E-state index in [-0.39, 0.29) is 32.6 Å². The van der Waals surface area contributed by atoms with Gasteiger partial charge in [-0.15, -0.1) is 0 Å².